The average molecular weight is 1230 g/mol. The highest BCUT2D eigenvalue weighted by molar-refractivity contribution is 6.18. The molecule has 9 heteroatoms. The van der Waals surface area contributed by atoms with Gasteiger partial charge in [-0.05, 0) is 142 Å². The SMILES string of the molecule is c1ccc(-c2cc(-c3ccc(-c4cccc(-c5cccc6c(-c7ccncc7)nc7ccccc7c56)c4)cc3)cc(-c3ccccn3)n2)nc1.c1ccc(-c2ccc3ccc4ccc(-c5cccc(-c6cccc7c(-c8ccncc8)nc8ccccc8c67)c5)nc4c3n2)cc1. The molecule has 0 amide bonds. The maximum Gasteiger partial charge on any atom is 0.0972 e. The fourth-order valence-corrected chi connectivity index (χ4v) is 13.2. The molecule has 0 aliphatic carbocycles. The maximum absolute atomic E-state index is 5.23. The zero-order chi connectivity index (χ0) is 63.7. The smallest absolute Gasteiger partial charge is 0.0972 e. The van der Waals surface area contributed by atoms with Crippen molar-refractivity contribution in [3.63, 3.8) is 0 Å². The summed E-state index contributed by atoms with van der Waals surface area (Å²) in [6.45, 7) is 0. The molecule has 9 nitrogen and oxygen atoms in total. The van der Waals surface area contributed by atoms with Gasteiger partial charge < -0.3 is 0 Å². The summed E-state index contributed by atoms with van der Waals surface area (Å²) in [5.74, 6) is 0. The lowest BCUT2D eigenvalue weighted by molar-refractivity contribution is 1.22. The van der Waals surface area contributed by atoms with Crippen LogP contribution in [0.5, 0.6) is 0 Å². The molecule has 96 heavy (non-hydrogen) atoms. The van der Waals surface area contributed by atoms with Gasteiger partial charge in [-0.15, -0.1) is 0 Å². The Labute approximate surface area is 553 Å². The minimum atomic E-state index is 0.811. The number of hydrogen-bond acceptors (Lipinski definition) is 9. The predicted molar refractivity (Wildman–Crippen MR) is 392 cm³/mol. The van der Waals surface area contributed by atoms with Crippen molar-refractivity contribution in [2.75, 3.05) is 0 Å². The molecule has 0 aliphatic heterocycles. The van der Waals surface area contributed by atoms with Crippen LogP contribution in [0.2, 0.25) is 0 Å². The molecule has 18 rings (SSSR count). The number of rotatable bonds is 10. The molecule has 9 aromatic heterocycles. The molecule has 0 saturated heterocycles. The van der Waals surface area contributed by atoms with E-state index in [1.807, 2.05) is 110 Å². The van der Waals surface area contributed by atoms with Crippen LogP contribution in [0.3, 0.4) is 0 Å². The Morgan fingerprint density at radius 2 is 0.615 bits per heavy atom. The van der Waals surface area contributed by atoms with E-state index in [4.69, 9.17) is 24.9 Å². The second-order valence-electron chi connectivity index (χ2n) is 23.6. The number of hydrogen-bond donors (Lipinski definition) is 0. The quantitative estimate of drug-likeness (QED) is 0.123. The summed E-state index contributed by atoms with van der Waals surface area (Å²) in [6, 6.07) is 103. The first kappa shape index (κ1) is 56.8. The zero-order valence-electron chi connectivity index (χ0n) is 51.8. The second kappa shape index (κ2) is 24.8. The van der Waals surface area contributed by atoms with Gasteiger partial charge in [0.25, 0.3) is 0 Å². The minimum absolute atomic E-state index is 0.811. The van der Waals surface area contributed by atoms with E-state index in [-0.39, 0.29) is 0 Å². The molecule has 0 saturated carbocycles. The zero-order valence-corrected chi connectivity index (χ0v) is 51.8. The fourth-order valence-electron chi connectivity index (χ4n) is 13.2. The first-order valence-electron chi connectivity index (χ1n) is 32.0. The topological polar surface area (TPSA) is 116 Å². The van der Waals surface area contributed by atoms with Crippen LogP contribution >= 0.6 is 0 Å². The third kappa shape index (κ3) is 10.9. The van der Waals surface area contributed by atoms with Gasteiger partial charge in [-0.3, -0.25) is 19.9 Å². The molecule has 0 bridgehead atoms. The van der Waals surface area contributed by atoms with Crippen molar-refractivity contribution in [2.24, 2.45) is 0 Å². The lowest BCUT2D eigenvalue weighted by atomic mass is 9.91. The third-order valence-corrected chi connectivity index (χ3v) is 17.8. The number of pyridine rings is 9. The largest absolute Gasteiger partial charge is 0.265 e. The van der Waals surface area contributed by atoms with Gasteiger partial charge in [-0.1, -0.05) is 200 Å². The predicted octanol–water partition coefficient (Wildman–Crippen LogP) is 21.5. The Bertz CT molecular complexity index is 5880. The summed E-state index contributed by atoms with van der Waals surface area (Å²) in [6.07, 6.45) is 10.9. The Kier molecular flexibility index (Phi) is 14.7. The summed E-state index contributed by atoms with van der Waals surface area (Å²) in [5, 5.41) is 9.03. The van der Waals surface area contributed by atoms with Crippen LogP contribution in [0.4, 0.5) is 0 Å². The van der Waals surface area contributed by atoms with Crippen LogP contribution in [0.15, 0.2) is 334 Å². The van der Waals surface area contributed by atoms with Crippen molar-refractivity contribution in [3.05, 3.63) is 334 Å². The van der Waals surface area contributed by atoms with E-state index in [1.165, 1.54) is 16.3 Å². The molecule has 0 radical (unpaired) electrons. The lowest BCUT2D eigenvalue weighted by Crippen LogP contribution is -1.94. The van der Waals surface area contributed by atoms with Gasteiger partial charge in [0, 0.05) is 103 Å². The fraction of sp³-hybridized carbons (Fsp3) is 0. The van der Waals surface area contributed by atoms with Crippen LogP contribution < -0.4 is 0 Å². The highest BCUT2D eigenvalue weighted by Crippen LogP contribution is 2.42. The summed E-state index contributed by atoms with van der Waals surface area (Å²) in [5.41, 5.74) is 24.1. The van der Waals surface area contributed by atoms with Crippen LogP contribution in [0.25, 0.3) is 177 Å². The lowest BCUT2D eigenvalue weighted by Gasteiger charge is -2.15. The van der Waals surface area contributed by atoms with E-state index in [9.17, 15) is 0 Å². The summed E-state index contributed by atoms with van der Waals surface area (Å²) in [4.78, 5) is 43.1. The van der Waals surface area contributed by atoms with E-state index in [0.717, 1.165) is 161 Å². The van der Waals surface area contributed by atoms with Crippen molar-refractivity contribution in [1.82, 2.24) is 44.9 Å². The van der Waals surface area contributed by atoms with Crippen LogP contribution in [0.1, 0.15) is 0 Å². The number of para-hydroxylation sites is 2. The number of fused-ring (bicyclic) bond motifs is 9. The molecule has 9 heterocycles. The molecule has 0 N–H and O–H groups in total. The van der Waals surface area contributed by atoms with Crippen LogP contribution in [-0.2, 0) is 0 Å². The van der Waals surface area contributed by atoms with Crippen molar-refractivity contribution in [1.29, 1.82) is 0 Å². The van der Waals surface area contributed by atoms with Crippen molar-refractivity contribution >= 4 is 65.2 Å². The van der Waals surface area contributed by atoms with Gasteiger partial charge in [-0.25, -0.2) is 24.9 Å². The molecular weight excluding hydrogens is 1170 g/mol. The van der Waals surface area contributed by atoms with Gasteiger partial charge in [0.1, 0.15) is 0 Å². The maximum atomic E-state index is 5.23. The summed E-state index contributed by atoms with van der Waals surface area (Å²) >= 11 is 0. The Morgan fingerprint density at radius 3 is 1.14 bits per heavy atom. The van der Waals surface area contributed by atoms with Crippen molar-refractivity contribution in [3.8, 4) is 112 Å². The molecule has 9 aromatic carbocycles. The molecule has 18 aromatic rings. The first-order valence-corrected chi connectivity index (χ1v) is 32.0. The van der Waals surface area contributed by atoms with Crippen LogP contribution in [0, 0.1) is 0 Å². The second-order valence-corrected chi connectivity index (χ2v) is 23.6. The third-order valence-electron chi connectivity index (χ3n) is 17.8. The highest BCUT2D eigenvalue weighted by atomic mass is 14.8. The van der Waals surface area contributed by atoms with E-state index >= 15 is 0 Å². The monoisotopic (exact) mass is 1230 g/mol. The Hall–Kier alpha value is -13.1. The average Bonchev–Trinajstić information content (AvgIpc) is 0.762. The Morgan fingerprint density at radius 1 is 0.198 bits per heavy atom. The normalized spacial score (nSPS) is 11.3. The van der Waals surface area contributed by atoms with E-state index in [1.54, 1.807) is 12.4 Å². The van der Waals surface area contributed by atoms with E-state index in [0.29, 0.717) is 0 Å². The van der Waals surface area contributed by atoms with E-state index < -0.39 is 0 Å². The molecule has 0 unspecified atom stereocenters. The number of aromatic nitrogens is 9. The molecule has 0 atom stereocenters. The van der Waals surface area contributed by atoms with Gasteiger partial charge >= 0.3 is 0 Å². The van der Waals surface area contributed by atoms with Gasteiger partial charge in [0.15, 0.2) is 0 Å². The van der Waals surface area contributed by atoms with Crippen molar-refractivity contribution < 1.29 is 0 Å². The summed E-state index contributed by atoms with van der Waals surface area (Å²) in [7, 11) is 0. The van der Waals surface area contributed by atoms with Crippen molar-refractivity contribution in [2.45, 2.75) is 0 Å². The van der Waals surface area contributed by atoms with Gasteiger partial charge in [0.2, 0.25) is 0 Å². The molecule has 0 fully saturated rings. The first-order chi connectivity index (χ1) is 47.6. The van der Waals surface area contributed by atoms with Gasteiger partial charge in [0.05, 0.1) is 67.6 Å². The molecule has 448 valence electrons. The molecule has 0 spiro atoms. The molecular formula is C87H55N9. The Balaban J connectivity index is 0.000000146. The number of nitrogens with zero attached hydrogens (tertiary/aromatic N) is 9. The standard InChI is InChI=1S/C45H29N5.C42H26N4/c1-2-14-39-37(11-1)44-36(12-8-13-38(44)45(50-39)32-21-25-46-26-22-32)34-10-7-9-33(27-34)30-17-19-31(20-18-30)35-28-42(40-15-3-5-23-47-40)49-43(29-35)41-16-4-6-24-48-41;1-2-8-27(9-3-1)36-20-18-28-16-17-29-19-21-37(45-42(29)41(28)44-36)32-11-6-10-31(26-32)33-13-7-14-35-39(33)34-12-4-5-15-38(34)46-40(35)30-22-24-43-25-23-30/h1-29H;1-26H. The van der Waals surface area contributed by atoms with Crippen LogP contribution in [-0.4, -0.2) is 44.9 Å². The minimum Gasteiger partial charge on any atom is -0.265 e. The number of benzene rings is 9. The summed E-state index contributed by atoms with van der Waals surface area (Å²) < 4.78 is 0. The highest BCUT2D eigenvalue weighted by Gasteiger charge is 2.19. The van der Waals surface area contributed by atoms with E-state index in [2.05, 4.69) is 232 Å². The molecule has 0 aliphatic rings. The van der Waals surface area contributed by atoms with Gasteiger partial charge in [-0.2, -0.15) is 0 Å².